The van der Waals surface area contributed by atoms with E-state index in [1.807, 2.05) is 59.5 Å². The molecular weight excluding hydrogens is 504 g/mol. The molecule has 5 nitrogen and oxygen atoms in total. The van der Waals surface area contributed by atoms with Crippen molar-refractivity contribution in [1.82, 2.24) is 14.5 Å². The third-order valence-electron chi connectivity index (χ3n) is 4.49. The molecule has 1 amide bonds. The first-order valence-corrected chi connectivity index (χ1v) is 12.0. The van der Waals surface area contributed by atoms with Gasteiger partial charge in [-0.2, -0.15) is 0 Å². The average molecular weight is 524 g/mol. The van der Waals surface area contributed by atoms with Crippen molar-refractivity contribution in [2.24, 2.45) is 0 Å². The summed E-state index contributed by atoms with van der Waals surface area (Å²) in [7, 11) is 0. The molecule has 0 saturated heterocycles. The van der Waals surface area contributed by atoms with Gasteiger partial charge in [-0.3, -0.25) is 9.69 Å². The van der Waals surface area contributed by atoms with Crippen molar-refractivity contribution in [3.63, 3.8) is 0 Å². The van der Waals surface area contributed by atoms with Crippen LogP contribution >= 0.6 is 51.4 Å². The number of imidazole rings is 1. The van der Waals surface area contributed by atoms with E-state index in [1.165, 1.54) is 0 Å². The average Bonchev–Trinajstić information content (AvgIpc) is 3.40. The van der Waals surface area contributed by atoms with Crippen LogP contribution in [0, 0.1) is 0 Å². The second-order valence-electron chi connectivity index (χ2n) is 6.45. The molecule has 0 spiro atoms. The molecule has 0 aliphatic rings. The molecule has 0 fully saturated rings. The Kier molecular flexibility index (Phi) is 7.93. The van der Waals surface area contributed by atoms with Crippen molar-refractivity contribution in [2.45, 2.75) is 17.9 Å². The molecule has 156 valence electrons. The fourth-order valence-electron chi connectivity index (χ4n) is 3.03. The first-order chi connectivity index (χ1) is 14.1. The first-order valence-electron chi connectivity index (χ1n) is 9.12. The highest BCUT2D eigenvalue weighted by Gasteiger charge is 2.21. The van der Waals surface area contributed by atoms with Gasteiger partial charge >= 0.3 is 0 Å². The minimum atomic E-state index is -0.0235. The van der Waals surface area contributed by atoms with E-state index in [4.69, 9.17) is 4.98 Å². The second-order valence-corrected chi connectivity index (χ2v) is 9.26. The van der Waals surface area contributed by atoms with Gasteiger partial charge in [-0.05, 0) is 49.1 Å². The Morgan fingerprint density at radius 1 is 1.27 bits per heavy atom. The maximum absolute atomic E-state index is 13.4. The molecule has 2 aromatic heterocycles. The monoisotopic (exact) mass is 522 g/mol. The number of aryl methyl sites for hydroxylation is 1. The number of hydrogen-bond donors (Lipinski definition) is 0. The van der Waals surface area contributed by atoms with Gasteiger partial charge in [-0.25, -0.2) is 9.97 Å². The van der Waals surface area contributed by atoms with Gasteiger partial charge in [0.15, 0.2) is 5.13 Å². The molecule has 0 N–H and O–H groups in total. The van der Waals surface area contributed by atoms with Gasteiger partial charge in [0.25, 0.3) is 5.91 Å². The van der Waals surface area contributed by atoms with Crippen LogP contribution < -0.4 is 4.90 Å². The number of carbonyl (C=O) groups excluding carboxylic acids is 1. The van der Waals surface area contributed by atoms with Crippen LogP contribution in [0.25, 0.3) is 10.2 Å². The SMILES string of the molecule is CSc1cccc(C(=O)N(CCCn2ccnc2)c2nc3ccc(Br)cc3s2)c1.Cl. The van der Waals surface area contributed by atoms with Crippen molar-refractivity contribution in [2.75, 3.05) is 17.7 Å². The van der Waals surface area contributed by atoms with Crippen molar-refractivity contribution in [1.29, 1.82) is 0 Å². The van der Waals surface area contributed by atoms with Gasteiger partial charge in [0, 0.05) is 40.4 Å². The highest BCUT2D eigenvalue weighted by Crippen LogP contribution is 2.32. The fourth-order valence-corrected chi connectivity index (χ4v) is 5.03. The zero-order valence-electron chi connectivity index (χ0n) is 16.2. The molecule has 30 heavy (non-hydrogen) atoms. The van der Waals surface area contributed by atoms with E-state index in [2.05, 4.69) is 20.9 Å². The Bertz CT molecular complexity index is 1130. The number of aromatic nitrogens is 3. The van der Waals surface area contributed by atoms with Crippen molar-refractivity contribution >= 4 is 72.7 Å². The summed E-state index contributed by atoms with van der Waals surface area (Å²) >= 11 is 6.68. The summed E-state index contributed by atoms with van der Waals surface area (Å²) in [6.07, 6.45) is 8.32. The van der Waals surface area contributed by atoms with E-state index in [0.29, 0.717) is 12.1 Å². The van der Waals surface area contributed by atoms with Crippen LogP contribution in [0.5, 0.6) is 0 Å². The number of thioether (sulfide) groups is 1. The van der Waals surface area contributed by atoms with Gasteiger partial charge in [0.1, 0.15) is 0 Å². The summed E-state index contributed by atoms with van der Waals surface area (Å²) in [4.78, 5) is 25.1. The number of amides is 1. The predicted molar refractivity (Wildman–Crippen MR) is 131 cm³/mol. The van der Waals surface area contributed by atoms with Crippen molar-refractivity contribution in [3.8, 4) is 0 Å². The van der Waals surface area contributed by atoms with Gasteiger partial charge in [0.2, 0.25) is 0 Å². The topological polar surface area (TPSA) is 51.0 Å². The third-order valence-corrected chi connectivity index (χ3v) is 6.75. The normalized spacial score (nSPS) is 10.7. The van der Waals surface area contributed by atoms with Gasteiger partial charge < -0.3 is 4.57 Å². The maximum Gasteiger partial charge on any atom is 0.260 e. The second kappa shape index (κ2) is 10.4. The smallest absolute Gasteiger partial charge is 0.260 e. The summed E-state index contributed by atoms with van der Waals surface area (Å²) < 4.78 is 4.08. The first kappa shape index (κ1) is 22.8. The van der Waals surface area contributed by atoms with Crippen LogP contribution in [0.15, 0.2) is 70.6 Å². The predicted octanol–water partition coefficient (Wildman–Crippen LogP) is 6.14. The summed E-state index contributed by atoms with van der Waals surface area (Å²) in [5, 5.41) is 0.725. The summed E-state index contributed by atoms with van der Waals surface area (Å²) in [6, 6.07) is 13.7. The maximum atomic E-state index is 13.4. The van der Waals surface area contributed by atoms with E-state index >= 15 is 0 Å². The molecule has 2 heterocycles. The van der Waals surface area contributed by atoms with Crippen LogP contribution in [0.1, 0.15) is 16.8 Å². The Morgan fingerprint density at radius 3 is 2.90 bits per heavy atom. The molecule has 0 saturated carbocycles. The van der Waals surface area contributed by atoms with Crippen molar-refractivity contribution in [3.05, 3.63) is 71.2 Å². The quantitative estimate of drug-likeness (QED) is 0.273. The highest BCUT2D eigenvalue weighted by molar-refractivity contribution is 9.10. The van der Waals surface area contributed by atoms with E-state index < -0.39 is 0 Å². The number of fused-ring (bicyclic) bond motifs is 1. The van der Waals surface area contributed by atoms with Crippen LogP contribution in [0.3, 0.4) is 0 Å². The zero-order chi connectivity index (χ0) is 20.2. The van der Waals surface area contributed by atoms with Gasteiger partial charge in [-0.1, -0.05) is 33.3 Å². The minimum absolute atomic E-state index is 0. The lowest BCUT2D eigenvalue weighted by Gasteiger charge is -2.20. The molecule has 0 aliphatic heterocycles. The lowest BCUT2D eigenvalue weighted by molar-refractivity contribution is 0.0986. The van der Waals surface area contributed by atoms with Crippen LogP contribution in [-0.4, -0.2) is 33.2 Å². The number of rotatable bonds is 7. The number of halogens is 2. The molecule has 2 aromatic carbocycles. The largest absolute Gasteiger partial charge is 0.337 e. The molecule has 0 atom stereocenters. The third kappa shape index (κ3) is 5.24. The molecule has 0 unspecified atom stereocenters. The number of anilines is 1. The fraction of sp³-hybridized carbons (Fsp3) is 0.190. The number of benzene rings is 2. The molecule has 0 bridgehead atoms. The molecular formula is C21H20BrClN4OS2. The van der Waals surface area contributed by atoms with Gasteiger partial charge in [0.05, 0.1) is 16.5 Å². The lowest BCUT2D eigenvalue weighted by Crippen LogP contribution is -2.32. The summed E-state index contributed by atoms with van der Waals surface area (Å²) in [5.41, 5.74) is 1.58. The Hall–Kier alpha value is -1.87. The number of hydrogen-bond acceptors (Lipinski definition) is 5. The van der Waals surface area contributed by atoms with Crippen LogP contribution in [0.2, 0.25) is 0 Å². The molecule has 4 rings (SSSR count). The number of carbonyl (C=O) groups is 1. The number of thiazole rings is 1. The minimum Gasteiger partial charge on any atom is -0.337 e. The number of nitrogens with zero attached hydrogens (tertiary/aromatic N) is 4. The standard InChI is InChI=1S/C21H19BrN4OS2.ClH/c1-28-17-5-2-4-15(12-17)20(27)26(10-3-9-25-11-8-23-14-25)21-24-18-7-6-16(22)13-19(18)29-21;/h2,4-8,11-14H,3,9-10H2,1H3;1H. The Labute approximate surface area is 198 Å². The summed E-state index contributed by atoms with van der Waals surface area (Å²) in [5.74, 6) is -0.0235. The Morgan fingerprint density at radius 2 is 2.13 bits per heavy atom. The Balaban J connectivity index is 0.00000256. The van der Waals surface area contributed by atoms with Crippen LogP contribution in [-0.2, 0) is 6.54 Å². The van der Waals surface area contributed by atoms with Crippen molar-refractivity contribution < 1.29 is 4.79 Å². The van der Waals surface area contributed by atoms with Gasteiger partial charge in [-0.15, -0.1) is 24.2 Å². The molecule has 0 aliphatic carbocycles. The molecule has 4 aromatic rings. The molecule has 0 radical (unpaired) electrons. The zero-order valence-corrected chi connectivity index (χ0v) is 20.2. The lowest BCUT2D eigenvalue weighted by atomic mass is 10.2. The van der Waals surface area contributed by atoms with Crippen LogP contribution in [0.4, 0.5) is 5.13 Å². The summed E-state index contributed by atoms with van der Waals surface area (Å²) in [6.45, 7) is 1.38. The highest BCUT2D eigenvalue weighted by atomic mass is 79.9. The van der Waals surface area contributed by atoms with E-state index in [9.17, 15) is 4.79 Å². The van der Waals surface area contributed by atoms with E-state index in [-0.39, 0.29) is 18.3 Å². The van der Waals surface area contributed by atoms with E-state index in [1.54, 1.807) is 40.5 Å². The molecule has 9 heteroatoms. The van der Waals surface area contributed by atoms with E-state index in [0.717, 1.165) is 37.7 Å².